The van der Waals surface area contributed by atoms with Crippen molar-refractivity contribution in [2.24, 2.45) is 5.41 Å². The smallest absolute Gasteiger partial charge is 0.244 e. The molecule has 2 rings (SSSR count). The molecule has 0 saturated carbocycles. The molecule has 7 heteroatoms. The van der Waals surface area contributed by atoms with Crippen molar-refractivity contribution < 1.29 is 17.9 Å². The molecule has 5 nitrogen and oxygen atoms in total. The van der Waals surface area contributed by atoms with Gasteiger partial charge in [0.1, 0.15) is 10.6 Å². The number of ether oxygens (including phenoxy) is 2. The molecule has 0 radical (unpaired) electrons. The van der Waals surface area contributed by atoms with Crippen LogP contribution >= 0.6 is 15.9 Å². The minimum atomic E-state index is -3.61. The Labute approximate surface area is 134 Å². The van der Waals surface area contributed by atoms with Gasteiger partial charge in [0.05, 0.1) is 7.11 Å². The number of sulfonamides is 1. The Kier molecular flexibility index (Phi) is 5.29. The van der Waals surface area contributed by atoms with Crippen LogP contribution in [0.3, 0.4) is 0 Å². The first-order chi connectivity index (χ1) is 9.86. The number of nitrogens with one attached hydrogen (secondary N) is 1. The summed E-state index contributed by atoms with van der Waals surface area (Å²) in [6.07, 6.45) is 1.70. The molecule has 21 heavy (non-hydrogen) atoms. The van der Waals surface area contributed by atoms with Gasteiger partial charge < -0.3 is 9.47 Å². The van der Waals surface area contributed by atoms with E-state index < -0.39 is 10.0 Å². The van der Waals surface area contributed by atoms with E-state index in [0.29, 0.717) is 30.0 Å². The number of methoxy groups -OCH3 is 1. The summed E-state index contributed by atoms with van der Waals surface area (Å²) in [5.74, 6) is 0.336. The fourth-order valence-electron chi connectivity index (χ4n) is 2.25. The van der Waals surface area contributed by atoms with Gasteiger partial charge in [-0.1, -0.05) is 22.9 Å². The van der Waals surface area contributed by atoms with Crippen LogP contribution in [0, 0.1) is 5.41 Å². The Bertz CT molecular complexity index is 597. The molecule has 1 aromatic rings. The van der Waals surface area contributed by atoms with Crippen LogP contribution in [0.4, 0.5) is 0 Å². The number of rotatable bonds is 5. The second kappa shape index (κ2) is 6.64. The highest BCUT2D eigenvalue weighted by atomic mass is 79.9. The van der Waals surface area contributed by atoms with Crippen LogP contribution in [0.1, 0.15) is 19.8 Å². The minimum Gasteiger partial charge on any atom is -0.495 e. The molecule has 0 unspecified atom stereocenters. The molecule has 1 aliphatic rings. The summed E-state index contributed by atoms with van der Waals surface area (Å²) in [7, 11) is -2.15. The monoisotopic (exact) mass is 377 g/mol. The molecule has 0 aromatic heterocycles. The highest BCUT2D eigenvalue weighted by Gasteiger charge is 2.30. The van der Waals surface area contributed by atoms with E-state index >= 15 is 0 Å². The Morgan fingerprint density at radius 1 is 1.38 bits per heavy atom. The van der Waals surface area contributed by atoms with E-state index in [1.807, 2.05) is 0 Å². The third kappa shape index (κ3) is 4.18. The molecule has 0 bridgehead atoms. The molecule has 1 heterocycles. The summed E-state index contributed by atoms with van der Waals surface area (Å²) in [4.78, 5) is 0.148. The second-order valence-electron chi connectivity index (χ2n) is 5.54. The van der Waals surface area contributed by atoms with Crippen molar-refractivity contribution in [1.82, 2.24) is 4.72 Å². The van der Waals surface area contributed by atoms with Gasteiger partial charge in [-0.25, -0.2) is 13.1 Å². The van der Waals surface area contributed by atoms with Gasteiger partial charge in [-0.05, 0) is 36.5 Å². The van der Waals surface area contributed by atoms with Crippen molar-refractivity contribution in [3.8, 4) is 5.75 Å². The molecule has 1 aromatic carbocycles. The lowest BCUT2D eigenvalue weighted by molar-refractivity contribution is 0.0264. The van der Waals surface area contributed by atoms with Crippen LogP contribution in [0.5, 0.6) is 5.75 Å². The predicted molar refractivity (Wildman–Crippen MR) is 84.0 cm³/mol. The largest absolute Gasteiger partial charge is 0.495 e. The van der Waals surface area contributed by atoms with Crippen molar-refractivity contribution in [2.75, 3.05) is 26.9 Å². The highest BCUT2D eigenvalue weighted by molar-refractivity contribution is 9.10. The standard InChI is InChI=1S/C14H20BrNO4S/c1-14(5-7-20-8-6-14)10-16-21(17,18)13-9-11(15)3-4-12(13)19-2/h3-4,9,16H,5-8,10H2,1-2H3. The van der Waals surface area contributed by atoms with Gasteiger partial charge in [0.25, 0.3) is 0 Å². The summed E-state index contributed by atoms with van der Waals surface area (Å²) in [5.41, 5.74) is -0.0649. The first-order valence-electron chi connectivity index (χ1n) is 6.77. The lowest BCUT2D eigenvalue weighted by atomic mass is 9.83. The molecule has 0 spiro atoms. The van der Waals surface area contributed by atoms with Crippen molar-refractivity contribution in [3.05, 3.63) is 22.7 Å². The molecular weight excluding hydrogens is 358 g/mol. The van der Waals surface area contributed by atoms with Gasteiger partial charge in [-0.3, -0.25) is 0 Å². The molecule has 1 aliphatic heterocycles. The van der Waals surface area contributed by atoms with Gasteiger partial charge in [0.15, 0.2) is 0 Å². The van der Waals surface area contributed by atoms with Gasteiger partial charge in [0, 0.05) is 24.2 Å². The van der Waals surface area contributed by atoms with Crippen LogP contribution in [0.2, 0.25) is 0 Å². The first-order valence-corrected chi connectivity index (χ1v) is 9.05. The number of hydrogen-bond donors (Lipinski definition) is 1. The second-order valence-corrected chi connectivity index (χ2v) is 8.19. The quantitative estimate of drug-likeness (QED) is 0.856. The number of halogens is 1. The van der Waals surface area contributed by atoms with Crippen LogP contribution in [0.25, 0.3) is 0 Å². The zero-order chi connectivity index (χ0) is 15.5. The average molecular weight is 378 g/mol. The first kappa shape index (κ1) is 16.7. The van der Waals surface area contributed by atoms with E-state index in [1.165, 1.54) is 7.11 Å². The maximum atomic E-state index is 12.5. The highest BCUT2D eigenvalue weighted by Crippen LogP contribution is 2.31. The van der Waals surface area contributed by atoms with Crippen molar-refractivity contribution in [2.45, 2.75) is 24.7 Å². The average Bonchev–Trinajstić information content (AvgIpc) is 2.46. The minimum absolute atomic E-state index is 0.0649. The number of hydrogen-bond acceptors (Lipinski definition) is 4. The lowest BCUT2D eigenvalue weighted by Crippen LogP contribution is -2.39. The number of benzene rings is 1. The van der Waals surface area contributed by atoms with Gasteiger partial charge >= 0.3 is 0 Å². The van der Waals surface area contributed by atoms with Crippen LogP contribution in [-0.2, 0) is 14.8 Å². The Hall–Kier alpha value is -0.630. The van der Waals surface area contributed by atoms with Crippen molar-refractivity contribution in [3.63, 3.8) is 0 Å². The summed E-state index contributed by atoms with van der Waals surface area (Å²) >= 11 is 3.29. The van der Waals surface area contributed by atoms with Crippen LogP contribution in [0.15, 0.2) is 27.6 Å². The fourth-order valence-corrected chi connectivity index (χ4v) is 4.15. The molecule has 0 aliphatic carbocycles. The Balaban J connectivity index is 2.17. The topological polar surface area (TPSA) is 64.6 Å². The van der Waals surface area contributed by atoms with Gasteiger partial charge in [-0.15, -0.1) is 0 Å². The van der Waals surface area contributed by atoms with Crippen molar-refractivity contribution in [1.29, 1.82) is 0 Å². The van der Waals surface area contributed by atoms with Crippen molar-refractivity contribution >= 4 is 26.0 Å². The maximum absolute atomic E-state index is 12.5. The van der Waals surface area contributed by atoms with E-state index in [1.54, 1.807) is 18.2 Å². The summed E-state index contributed by atoms with van der Waals surface area (Å²) in [6, 6.07) is 4.93. The van der Waals surface area contributed by atoms with E-state index in [2.05, 4.69) is 27.6 Å². The Morgan fingerprint density at radius 2 is 2.05 bits per heavy atom. The van der Waals surface area contributed by atoms with Crippen LogP contribution in [-0.4, -0.2) is 35.3 Å². The summed E-state index contributed by atoms with van der Waals surface area (Å²) < 4.78 is 38.9. The fraction of sp³-hybridized carbons (Fsp3) is 0.571. The third-order valence-corrected chi connectivity index (χ3v) is 5.72. The lowest BCUT2D eigenvalue weighted by Gasteiger charge is -2.33. The predicted octanol–water partition coefficient (Wildman–Crippen LogP) is 2.55. The summed E-state index contributed by atoms with van der Waals surface area (Å²) in [5, 5.41) is 0. The molecule has 1 N–H and O–H groups in total. The third-order valence-electron chi connectivity index (χ3n) is 3.80. The molecule has 1 saturated heterocycles. The van der Waals surface area contributed by atoms with Gasteiger partial charge in [-0.2, -0.15) is 0 Å². The molecule has 1 fully saturated rings. The maximum Gasteiger partial charge on any atom is 0.244 e. The SMILES string of the molecule is COc1ccc(Br)cc1S(=O)(=O)NCC1(C)CCOCC1. The van der Waals surface area contributed by atoms with E-state index in [-0.39, 0.29) is 10.3 Å². The van der Waals surface area contributed by atoms with E-state index in [4.69, 9.17) is 9.47 Å². The normalized spacial score (nSPS) is 18.4. The van der Waals surface area contributed by atoms with E-state index in [0.717, 1.165) is 12.8 Å². The van der Waals surface area contributed by atoms with Gasteiger partial charge in [0.2, 0.25) is 10.0 Å². The molecule has 0 atom stereocenters. The molecule has 0 amide bonds. The molecular formula is C14H20BrNO4S. The van der Waals surface area contributed by atoms with Crippen LogP contribution < -0.4 is 9.46 Å². The molecule has 118 valence electrons. The Morgan fingerprint density at radius 3 is 2.67 bits per heavy atom. The van der Waals surface area contributed by atoms with E-state index in [9.17, 15) is 8.42 Å². The summed E-state index contributed by atoms with van der Waals surface area (Å²) in [6.45, 7) is 3.83. The zero-order valence-corrected chi connectivity index (χ0v) is 14.6. The zero-order valence-electron chi connectivity index (χ0n) is 12.2.